The Morgan fingerprint density at radius 3 is 1.52 bits per heavy atom. The number of benzene rings is 7. The second-order valence-electron chi connectivity index (χ2n) is 12.2. The van der Waals surface area contributed by atoms with Crippen LogP contribution in [0, 0.1) is 0 Å². The van der Waals surface area contributed by atoms with Crippen LogP contribution in [0.2, 0.25) is 0 Å². The van der Waals surface area contributed by atoms with Gasteiger partial charge in [-0.25, -0.2) is 9.97 Å². The van der Waals surface area contributed by atoms with Crippen molar-refractivity contribution < 1.29 is 8.83 Å². The molecule has 0 saturated heterocycles. The van der Waals surface area contributed by atoms with E-state index >= 15 is 0 Å². The van der Waals surface area contributed by atoms with E-state index < -0.39 is 0 Å². The van der Waals surface area contributed by atoms with Crippen LogP contribution in [0.3, 0.4) is 0 Å². The van der Waals surface area contributed by atoms with Crippen molar-refractivity contribution in [1.29, 1.82) is 0 Å². The normalized spacial score (nSPS) is 11.8. The van der Waals surface area contributed by atoms with Crippen molar-refractivity contribution in [3.8, 4) is 45.0 Å². The van der Waals surface area contributed by atoms with E-state index in [1.165, 1.54) is 16.3 Å². The van der Waals surface area contributed by atoms with Crippen LogP contribution in [0.4, 0.5) is 0 Å². The fourth-order valence-electron chi connectivity index (χ4n) is 6.83. The van der Waals surface area contributed by atoms with Crippen LogP contribution in [0.25, 0.3) is 99.7 Å². The molecule has 10 aromatic rings. The summed E-state index contributed by atoms with van der Waals surface area (Å²) in [5.41, 5.74) is 10.2. The number of hydrogen-bond acceptors (Lipinski definition) is 4. The smallest absolute Gasteiger partial charge is 0.160 e. The quantitative estimate of drug-likeness (QED) is 0.198. The van der Waals surface area contributed by atoms with Crippen LogP contribution in [0.5, 0.6) is 0 Å². The van der Waals surface area contributed by atoms with Gasteiger partial charge in [0.1, 0.15) is 22.3 Å². The molecule has 4 nitrogen and oxygen atoms in total. The summed E-state index contributed by atoms with van der Waals surface area (Å²) in [7, 11) is 0. The number of furan rings is 2. The Labute approximate surface area is 275 Å². The summed E-state index contributed by atoms with van der Waals surface area (Å²) in [6.07, 6.45) is 0. The van der Waals surface area contributed by atoms with Crippen molar-refractivity contribution in [3.05, 3.63) is 158 Å². The predicted molar refractivity (Wildman–Crippen MR) is 196 cm³/mol. The lowest BCUT2D eigenvalue weighted by Gasteiger charge is -2.09. The van der Waals surface area contributed by atoms with Crippen molar-refractivity contribution in [3.63, 3.8) is 0 Å². The molecule has 0 atom stereocenters. The predicted octanol–water partition coefficient (Wildman–Crippen LogP) is 12.1. The first kappa shape index (κ1) is 26.7. The Kier molecular flexibility index (Phi) is 5.84. The van der Waals surface area contributed by atoms with Crippen LogP contribution in [0.1, 0.15) is 0 Å². The van der Waals surface area contributed by atoms with E-state index in [0.29, 0.717) is 5.82 Å². The van der Waals surface area contributed by atoms with Gasteiger partial charge < -0.3 is 8.83 Å². The molecule has 0 bridgehead atoms. The Morgan fingerprint density at radius 2 is 0.812 bits per heavy atom. The SMILES string of the molecule is c1ccc(-c2nc(-c3ccc4c(c3)oc3ccccc34)cc(-c3ccc4c(c3)oc3cc(-c5ccc6ccccc6c5)ccc34)n2)cc1. The fraction of sp³-hybridized carbons (Fsp3) is 0. The molecule has 3 aromatic heterocycles. The lowest BCUT2D eigenvalue weighted by atomic mass is 10.00. The number of para-hydroxylation sites is 1. The molecule has 7 aromatic carbocycles. The standard InChI is InChI=1S/C44H26N2O2/c1-2-9-28(10-3-1)44-45-38(32-17-20-35-34-12-6-7-13-40(34)47-42(35)24-32)26-39(46-44)33-18-21-37-36-19-16-31(23-41(36)48-43(37)25-33)30-15-14-27-8-4-5-11-29(27)22-30/h1-26H. The van der Waals surface area contributed by atoms with Crippen LogP contribution < -0.4 is 0 Å². The maximum Gasteiger partial charge on any atom is 0.160 e. The molecule has 0 spiro atoms. The molecule has 0 N–H and O–H groups in total. The lowest BCUT2D eigenvalue weighted by molar-refractivity contribution is 0.669. The van der Waals surface area contributed by atoms with Crippen molar-refractivity contribution in [2.75, 3.05) is 0 Å². The number of fused-ring (bicyclic) bond motifs is 7. The first-order chi connectivity index (χ1) is 23.7. The van der Waals surface area contributed by atoms with Gasteiger partial charge in [0.25, 0.3) is 0 Å². The van der Waals surface area contributed by atoms with E-state index in [1.807, 2.05) is 48.5 Å². The molecule has 224 valence electrons. The van der Waals surface area contributed by atoms with Gasteiger partial charge >= 0.3 is 0 Å². The van der Waals surface area contributed by atoms with Gasteiger partial charge in [0.05, 0.1) is 11.4 Å². The summed E-state index contributed by atoms with van der Waals surface area (Å²) in [6.45, 7) is 0. The monoisotopic (exact) mass is 614 g/mol. The molecule has 0 unspecified atom stereocenters. The first-order valence-corrected chi connectivity index (χ1v) is 16.1. The summed E-state index contributed by atoms with van der Waals surface area (Å²) in [6, 6.07) is 54.5. The van der Waals surface area contributed by atoms with E-state index in [0.717, 1.165) is 77.5 Å². The molecule has 0 saturated carbocycles. The van der Waals surface area contributed by atoms with Gasteiger partial charge in [-0.15, -0.1) is 0 Å². The largest absolute Gasteiger partial charge is 0.456 e. The number of rotatable bonds is 4. The summed E-state index contributed by atoms with van der Waals surface area (Å²) in [5, 5.41) is 6.82. The Balaban J connectivity index is 1.09. The summed E-state index contributed by atoms with van der Waals surface area (Å²) >= 11 is 0. The molecule has 0 aliphatic heterocycles. The molecule has 0 amide bonds. The minimum Gasteiger partial charge on any atom is -0.456 e. The third kappa shape index (κ3) is 4.38. The minimum atomic E-state index is 0.664. The molecule has 10 rings (SSSR count). The molecule has 0 fully saturated rings. The van der Waals surface area contributed by atoms with E-state index in [-0.39, 0.29) is 0 Å². The van der Waals surface area contributed by atoms with E-state index in [2.05, 4.69) is 109 Å². The highest BCUT2D eigenvalue weighted by Gasteiger charge is 2.15. The second-order valence-corrected chi connectivity index (χ2v) is 12.2. The molecule has 0 aliphatic rings. The van der Waals surface area contributed by atoms with E-state index in [9.17, 15) is 0 Å². The molecule has 0 radical (unpaired) electrons. The fourth-order valence-corrected chi connectivity index (χ4v) is 6.83. The lowest BCUT2D eigenvalue weighted by Crippen LogP contribution is -1.95. The highest BCUT2D eigenvalue weighted by molar-refractivity contribution is 6.08. The van der Waals surface area contributed by atoms with Crippen molar-refractivity contribution in [1.82, 2.24) is 9.97 Å². The van der Waals surface area contributed by atoms with Crippen LogP contribution in [0.15, 0.2) is 167 Å². The second kappa shape index (κ2) is 10.5. The van der Waals surface area contributed by atoms with Gasteiger partial charge in [-0.3, -0.25) is 0 Å². The van der Waals surface area contributed by atoms with Gasteiger partial charge in [0.15, 0.2) is 5.82 Å². The van der Waals surface area contributed by atoms with Gasteiger partial charge in [-0.1, -0.05) is 103 Å². The van der Waals surface area contributed by atoms with Crippen LogP contribution >= 0.6 is 0 Å². The summed E-state index contributed by atoms with van der Waals surface area (Å²) in [5.74, 6) is 0.664. The highest BCUT2D eigenvalue weighted by Crippen LogP contribution is 2.37. The molecule has 3 heterocycles. The van der Waals surface area contributed by atoms with Crippen LogP contribution in [-0.2, 0) is 0 Å². The van der Waals surface area contributed by atoms with E-state index in [4.69, 9.17) is 18.8 Å². The topological polar surface area (TPSA) is 52.1 Å². The van der Waals surface area contributed by atoms with Gasteiger partial charge in [0.2, 0.25) is 0 Å². The Hall–Kier alpha value is -6.52. The third-order valence-corrected chi connectivity index (χ3v) is 9.28. The maximum absolute atomic E-state index is 6.52. The number of nitrogens with zero attached hydrogens (tertiary/aromatic N) is 2. The minimum absolute atomic E-state index is 0.664. The first-order valence-electron chi connectivity index (χ1n) is 16.1. The van der Waals surface area contributed by atoms with Crippen molar-refractivity contribution in [2.45, 2.75) is 0 Å². The Morgan fingerprint density at radius 1 is 0.312 bits per heavy atom. The zero-order valence-electron chi connectivity index (χ0n) is 25.7. The summed E-state index contributed by atoms with van der Waals surface area (Å²) in [4.78, 5) is 10.1. The van der Waals surface area contributed by atoms with Gasteiger partial charge in [0, 0.05) is 38.2 Å². The molecule has 0 aliphatic carbocycles. The zero-order chi connectivity index (χ0) is 31.6. The van der Waals surface area contributed by atoms with Crippen molar-refractivity contribution in [2.24, 2.45) is 0 Å². The number of hydrogen-bond donors (Lipinski definition) is 0. The summed E-state index contributed by atoms with van der Waals surface area (Å²) < 4.78 is 12.7. The molecule has 4 heteroatoms. The van der Waals surface area contributed by atoms with Gasteiger partial charge in [-0.2, -0.15) is 0 Å². The van der Waals surface area contributed by atoms with Gasteiger partial charge in [-0.05, 0) is 76.5 Å². The average molecular weight is 615 g/mol. The molecular weight excluding hydrogens is 588 g/mol. The average Bonchev–Trinajstić information content (AvgIpc) is 3.71. The van der Waals surface area contributed by atoms with E-state index in [1.54, 1.807) is 0 Å². The van der Waals surface area contributed by atoms with Crippen molar-refractivity contribution >= 4 is 54.6 Å². The Bertz CT molecular complexity index is 2850. The number of aromatic nitrogens is 2. The highest BCUT2D eigenvalue weighted by atomic mass is 16.3. The van der Waals surface area contributed by atoms with Crippen LogP contribution in [-0.4, -0.2) is 9.97 Å². The third-order valence-electron chi connectivity index (χ3n) is 9.28. The zero-order valence-corrected chi connectivity index (χ0v) is 25.7. The maximum atomic E-state index is 6.52. The molecule has 48 heavy (non-hydrogen) atoms. The molecular formula is C44H26N2O2.